The van der Waals surface area contributed by atoms with Crippen LogP contribution >= 0.6 is 11.6 Å². The molecule has 0 saturated heterocycles. The summed E-state index contributed by atoms with van der Waals surface area (Å²) in [6.45, 7) is 0. The van der Waals surface area contributed by atoms with E-state index in [0.717, 1.165) is 6.07 Å². The molecule has 0 aliphatic carbocycles. The number of nitrogens with one attached hydrogen (secondary N) is 1. The van der Waals surface area contributed by atoms with Gasteiger partial charge in [-0.3, -0.25) is 4.72 Å². The lowest BCUT2D eigenvalue weighted by Gasteiger charge is -2.08. The van der Waals surface area contributed by atoms with Crippen molar-refractivity contribution in [1.82, 2.24) is 10.3 Å². The molecule has 21 heavy (non-hydrogen) atoms. The van der Waals surface area contributed by atoms with E-state index in [4.69, 9.17) is 11.6 Å². The van der Waals surface area contributed by atoms with Gasteiger partial charge in [0, 0.05) is 0 Å². The second-order valence-electron chi connectivity index (χ2n) is 4.09. The fourth-order valence-electron chi connectivity index (χ4n) is 1.77. The van der Waals surface area contributed by atoms with E-state index in [1.807, 2.05) is 0 Å². The summed E-state index contributed by atoms with van der Waals surface area (Å²) in [6, 6.07) is 8.02. The Hall–Kier alpha value is -2.19. The summed E-state index contributed by atoms with van der Waals surface area (Å²) in [5, 5.41) is 7.26. The van der Waals surface area contributed by atoms with Gasteiger partial charge in [0.05, 0.1) is 10.7 Å². The lowest BCUT2D eigenvalue weighted by molar-refractivity contribution is 0.315. The fourth-order valence-corrected chi connectivity index (χ4v) is 3.16. The minimum atomic E-state index is -4.06. The highest BCUT2D eigenvalue weighted by Crippen LogP contribution is 2.28. The first kappa shape index (κ1) is 13.8. The molecule has 1 heterocycles. The van der Waals surface area contributed by atoms with Gasteiger partial charge in [-0.15, -0.1) is 0 Å². The first-order valence-electron chi connectivity index (χ1n) is 5.67. The van der Waals surface area contributed by atoms with Gasteiger partial charge < -0.3 is 0 Å². The summed E-state index contributed by atoms with van der Waals surface area (Å²) in [7, 11) is -4.06. The summed E-state index contributed by atoms with van der Waals surface area (Å²) < 4.78 is 44.9. The Bertz CT molecular complexity index is 926. The van der Waals surface area contributed by atoms with Crippen molar-refractivity contribution < 1.29 is 17.4 Å². The van der Waals surface area contributed by atoms with Crippen molar-refractivity contribution in [1.29, 1.82) is 0 Å². The average Bonchev–Trinajstić information content (AvgIpc) is 2.91. The van der Waals surface area contributed by atoms with Crippen LogP contribution in [0, 0.1) is 5.82 Å². The Balaban J connectivity index is 2.11. The molecule has 0 spiro atoms. The van der Waals surface area contributed by atoms with Crippen LogP contribution in [0.2, 0.25) is 5.02 Å². The molecule has 0 aliphatic heterocycles. The van der Waals surface area contributed by atoms with Crippen molar-refractivity contribution in [2.45, 2.75) is 4.90 Å². The highest BCUT2D eigenvalue weighted by Gasteiger charge is 2.23. The van der Waals surface area contributed by atoms with Crippen molar-refractivity contribution in [2.75, 3.05) is 4.72 Å². The predicted octanol–water partition coefficient (Wildman–Crippen LogP) is 2.82. The van der Waals surface area contributed by atoms with E-state index in [0.29, 0.717) is 0 Å². The standard InChI is InChI=1S/C12H7ClFN3O3S/c13-7-5-6-10(12-11(7)15-20-16-12)21(18,19)17-9-4-2-1-3-8(9)14/h1-6,17H. The molecule has 2 aromatic carbocycles. The van der Waals surface area contributed by atoms with E-state index < -0.39 is 15.8 Å². The van der Waals surface area contributed by atoms with Crippen LogP contribution in [0.3, 0.4) is 0 Å². The predicted molar refractivity (Wildman–Crippen MR) is 74.0 cm³/mol. The monoisotopic (exact) mass is 327 g/mol. The zero-order valence-corrected chi connectivity index (χ0v) is 11.8. The molecule has 0 radical (unpaired) electrons. The van der Waals surface area contributed by atoms with Crippen molar-refractivity contribution in [3.63, 3.8) is 0 Å². The van der Waals surface area contributed by atoms with Gasteiger partial charge in [0.15, 0.2) is 11.0 Å². The van der Waals surface area contributed by atoms with Crippen LogP contribution in [0.25, 0.3) is 11.0 Å². The summed E-state index contributed by atoms with van der Waals surface area (Å²) in [6.07, 6.45) is 0. The van der Waals surface area contributed by atoms with Gasteiger partial charge in [-0.1, -0.05) is 23.7 Å². The maximum absolute atomic E-state index is 13.6. The minimum Gasteiger partial charge on any atom is -0.277 e. The third-order valence-corrected chi connectivity index (χ3v) is 4.44. The number of nitrogens with zero attached hydrogens (tertiary/aromatic N) is 2. The second kappa shape index (κ2) is 4.97. The molecule has 0 fully saturated rings. The molecule has 108 valence electrons. The summed E-state index contributed by atoms with van der Waals surface area (Å²) in [5.41, 5.74) is -0.0727. The summed E-state index contributed by atoms with van der Waals surface area (Å²) in [4.78, 5) is -0.202. The van der Waals surface area contributed by atoms with Gasteiger partial charge >= 0.3 is 0 Å². The maximum Gasteiger partial charge on any atom is 0.264 e. The zero-order chi connectivity index (χ0) is 15.0. The Kier molecular flexibility index (Phi) is 3.26. The lowest BCUT2D eigenvalue weighted by Crippen LogP contribution is -2.14. The first-order valence-corrected chi connectivity index (χ1v) is 7.53. The smallest absolute Gasteiger partial charge is 0.264 e. The van der Waals surface area contributed by atoms with Gasteiger partial charge in [-0.25, -0.2) is 17.4 Å². The topological polar surface area (TPSA) is 85.1 Å². The normalized spacial score (nSPS) is 11.7. The molecule has 9 heteroatoms. The number of aromatic nitrogens is 2. The lowest BCUT2D eigenvalue weighted by atomic mass is 10.3. The molecule has 0 aliphatic rings. The quantitative estimate of drug-likeness (QED) is 0.799. The van der Waals surface area contributed by atoms with Crippen LogP contribution in [0.15, 0.2) is 45.9 Å². The number of hydrogen-bond acceptors (Lipinski definition) is 5. The van der Waals surface area contributed by atoms with Gasteiger partial charge in [-0.2, -0.15) is 0 Å². The highest BCUT2D eigenvalue weighted by atomic mass is 35.5. The third kappa shape index (κ3) is 2.43. The van der Waals surface area contributed by atoms with Crippen LogP contribution in [0.4, 0.5) is 10.1 Å². The van der Waals surface area contributed by atoms with E-state index in [1.54, 1.807) is 0 Å². The number of sulfonamides is 1. The molecule has 0 atom stereocenters. The van der Waals surface area contributed by atoms with Gasteiger partial charge in [0.25, 0.3) is 10.0 Å². The third-order valence-electron chi connectivity index (χ3n) is 2.74. The second-order valence-corrected chi connectivity index (χ2v) is 6.15. The van der Waals surface area contributed by atoms with E-state index in [9.17, 15) is 12.8 Å². The molecule has 0 bridgehead atoms. The number of fused-ring (bicyclic) bond motifs is 1. The summed E-state index contributed by atoms with van der Waals surface area (Å²) in [5.74, 6) is -0.690. The fraction of sp³-hybridized carbons (Fsp3) is 0. The molecule has 6 nitrogen and oxygen atoms in total. The van der Waals surface area contributed by atoms with Gasteiger partial charge in [0.1, 0.15) is 10.7 Å². The van der Waals surface area contributed by atoms with Gasteiger partial charge in [0.2, 0.25) is 0 Å². The number of benzene rings is 2. The Morgan fingerprint density at radius 2 is 1.81 bits per heavy atom. The summed E-state index contributed by atoms with van der Waals surface area (Å²) >= 11 is 5.87. The molecular weight excluding hydrogens is 321 g/mol. The largest absolute Gasteiger partial charge is 0.277 e. The molecule has 0 saturated carbocycles. The van der Waals surface area contributed by atoms with Crippen LogP contribution in [0.5, 0.6) is 0 Å². The Morgan fingerprint density at radius 1 is 1.10 bits per heavy atom. The molecule has 3 rings (SSSR count). The van der Waals surface area contributed by atoms with E-state index in [2.05, 4.69) is 19.7 Å². The number of halogens is 2. The molecule has 3 aromatic rings. The maximum atomic E-state index is 13.6. The van der Waals surface area contributed by atoms with E-state index >= 15 is 0 Å². The van der Waals surface area contributed by atoms with Crippen molar-refractivity contribution in [2.24, 2.45) is 0 Å². The Labute approximate surface area is 123 Å². The molecule has 1 aromatic heterocycles. The SMILES string of the molecule is O=S(=O)(Nc1ccccc1F)c1ccc(Cl)c2nonc12. The highest BCUT2D eigenvalue weighted by molar-refractivity contribution is 7.93. The van der Waals surface area contributed by atoms with Crippen LogP contribution in [0.1, 0.15) is 0 Å². The van der Waals surface area contributed by atoms with E-state index in [1.165, 1.54) is 30.3 Å². The average molecular weight is 328 g/mol. The Morgan fingerprint density at radius 3 is 2.57 bits per heavy atom. The molecule has 1 N–H and O–H groups in total. The first-order chi connectivity index (χ1) is 9.99. The van der Waals surface area contributed by atoms with Crippen LogP contribution < -0.4 is 4.72 Å². The number of rotatable bonds is 3. The molecular formula is C12H7ClFN3O3S. The number of para-hydroxylation sites is 1. The minimum absolute atomic E-state index is 0.0219. The van der Waals surface area contributed by atoms with Crippen molar-refractivity contribution in [3.05, 3.63) is 47.2 Å². The number of hydrogen-bond donors (Lipinski definition) is 1. The molecule has 0 unspecified atom stereocenters. The van der Waals surface area contributed by atoms with Gasteiger partial charge in [-0.05, 0) is 34.6 Å². The van der Waals surface area contributed by atoms with E-state index in [-0.39, 0.29) is 26.6 Å². The van der Waals surface area contributed by atoms with Crippen molar-refractivity contribution in [3.8, 4) is 0 Å². The van der Waals surface area contributed by atoms with Crippen LogP contribution in [-0.2, 0) is 10.0 Å². The van der Waals surface area contributed by atoms with Crippen molar-refractivity contribution >= 4 is 38.3 Å². The zero-order valence-electron chi connectivity index (χ0n) is 10.2. The molecule has 0 amide bonds. The number of anilines is 1. The van der Waals surface area contributed by atoms with Crippen LogP contribution in [-0.4, -0.2) is 18.7 Å².